The summed E-state index contributed by atoms with van der Waals surface area (Å²) in [5, 5.41) is 39.8. The van der Waals surface area contributed by atoms with E-state index < -0.39 is 37.3 Å². The Morgan fingerprint density at radius 2 is 1.80 bits per heavy atom. The molecule has 0 aromatic heterocycles. The highest BCUT2D eigenvalue weighted by Gasteiger charge is 2.45. The summed E-state index contributed by atoms with van der Waals surface area (Å²) in [7, 11) is 0. The lowest BCUT2D eigenvalue weighted by Crippen LogP contribution is -2.60. The van der Waals surface area contributed by atoms with Gasteiger partial charge in [-0.2, -0.15) is 0 Å². The minimum Gasteiger partial charge on any atom is -0.489 e. The molecule has 1 saturated heterocycles. The predicted octanol–water partition coefficient (Wildman–Crippen LogP) is 1.49. The number of hydrogen-bond acceptors (Lipinski definition) is 9. The molecule has 9 heteroatoms. The smallest absolute Gasteiger partial charge is 0.330 e. The van der Waals surface area contributed by atoms with E-state index in [2.05, 4.69) is 0 Å². The SMILES string of the molecule is CCOC(=O)/C=C(\C)COc1ccc(C[C@H]2CCCC[C@H]2O[C@@H]2O[C@H](CO)[C@H](O)[C@H](O)[C@H]2O)cc1. The van der Waals surface area contributed by atoms with E-state index in [1.165, 1.54) is 6.08 Å². The van der Waals surface area contributed by atoms with Crippen molar-refractivity contribution in [1.82, 2.24) is 0 Å². The molecule has 196 valence electrons. The first-order valence-electron chi connectivity index (χ1n) is 12.3. The first-order chi connectivity index (χ1) is 16.8. The van der Waals surface area contributed by atoms with Gasteiger partial charge in [-0.3, -0.25) is 0 Å². The number of benzene rings is 1. The van der Waals surface area contributed by atoms with Crippen molar-refractivity contribution in [3.05, 3.63) is 41.5 Å². The first kappa shape index (κ1) is 27.6. The zero-order valence-corrected chi connectivity index (χ0v) is 20.4. The number of aliphatic hydroxyl groups is 4. The van der Waals surface area contributed by atoms with Crippen LogP contribution >= 0.6 is 0 Å². The molecule has 2 aliphatic rings. The van der Waals surface area contributed by atoms with Crippen molar-refractivity contribution < 1.29 is 44.2 Å². The van der Waals surface area contributed by atoms with Crippen molar-refractivity contribution in [3.8, 4) is 5.75 Å². The van der Waals surface area contributed by atoms with Gasteiger partial charge < -0.3 is 39.4 Å². The molecule has 1 saturated carbocycles. The van der Waals surface area contributed by atoms with Crippen molar-refractivity contribution in [2.24, 2.45) is 5.92 Å². The molecule has 9 nitrogen and oxygen atoms in total. The quantitative estimate of drug-likeness (QED) is 0.282. The minimum atomic E-state index is -1.45. The Balaban J connectivity index is 1.56. The monoisotopic (exact) mass is 494 g/mol. The van der Waals surface area contributed by atoms with Crippen LogP contribution in [0.3, 0.4) is 0 Å². The molecule has 4 N–H and O–H groups in total. The predicted molar refractivity (Wildman–Crippen MR) is 127 cm³/mol. The summed E-state index contributed by atoms with van der Waals surface area (Å²) in [6.45, 7) is 3.71. The largest absolute Gasteiger partial charge is 0.489 e. The third-order valence-electron chi connectivity index (χ3n) is 6.54. The fourth-order valence-electron chi connectivity index (χ4n) is 4.59. The Labute approximate surface area is 206 Å². The van der Waals surface area contributed by atoms with Gasteiger partial charge in [0, 0.05) is 6.08 Å². The maximum atomic E-state index is 11.5. The van der Waals surface area contributed by atoms with Crippen LogP contribution in [0, 0.1) is 5.92 Å². The Morgan fingerprint density at radius 1 is 1.09 bits per heavy atom. The van der Waals surface area contributed by atoms with Gasteiger partial charge in [-0.25, -0.2) is 4.79 Å². The van der Waals surface area contributed by atoms with Crippen LogP contribution in [-0.2, 0) is 25.4 Å². The summed E-state index contributed by atoms with van der Waals surface area (Å²) < 4.78 is 22.3. The molecule has 0 unspecified atom stereocenters. The maximum absolute atomic E-state index is 11.5. The molecule has 0 amide bonds. The van der Waals surface area contributed by atoms with Gasteiger partial charge in [-0.05, 0) is 62.3 Å². The lowest BCUT2D eigenvalue weighted by atomic mass is 9.82. The summed E-state index contributed by atoms with van der Waals surface area (Å²) in [4.78, 5) is 11.5. The van der Waals surface area contributed by atoms with E-state index >= 15 is 0 Å². The third-order valence-corrected chi connectivity index (χ3v) is 6.54. The van der Waals surface area contributed by atoms with Gasteiger partial charge in [0.15, 0.2) is 6.29 Å². The molecule has 1 aromatic carbocycles. The zero-order chi connectivity index (χ0) is 25.4. The normalized spacial score (nSPS) is 31.7. The standard InChI is InChI=1S/C26H38O9/c1-3-32-22(28)12-16(2)15-33-19-10-8-17(9-11-19)13-18-6-4-5-7-20(18)34-26-25(31)24(30)23(29)21(14-27)35-26/h8-12,18,20-21,23-27,29-31H,3-7,13-15H2,1-2H3/b16-12+/t18-,20-,21-,23+,24+,25-,26-/m1/s1. The molecular weight excluding hydrogens is 456 g/mol. The third kappa shape index (κ3) is 7.73. The van der Waals surface area contributed by atoms with Crippen LogP contribution in [0.1, 0.15) is 45.1 Å². The van der Waals surface area contributed by atoms with Gasteiger partial charge in [0.05, 0.1) is 19.3 Å². The van der Waals surface area contributed by atoms with E-state index in [-0.39, 0.29) is 24.6 Å². The van der Waals surface area contributed by atoms with Crippen LogP contribution in [0.4, 0.5) is 0 Å². The minimum absolute atomic E-state index is 0.184. The summed E-state index contributed by atoms with van der Waals surface area (Å²) in [5.41, 5.74) is 1.88. The molecule has 0 radical (unpaired) electrons. The van der Waals surface area contributed by atoms with Crippen LogP contribution in [0.5, 0.6) is 5.75 Å². The van der Waals surface area contributed by atoms with E-state index in [0.717, 1.165) is 43.2 Å². The summed E-state index contributed by atoms with van der Waals surface area (Å²) >= 11 is 0. The van der Waals surface area contributed by atoms with E-state index in [1.807, 2.05) is 31.2 Å². The van der Waals surface area contributed by atoms with Crippen LogP contribution in [-0.4, -0.2) is 83.0 Å². The molecule has 3 rings (SSSR count). The number of carbonyl (C=O) groups is 1. The molecule has 0 bridgehead atoms. The van der Waals surface area contributed by atoms with Crippen LogP contribution in [0.2, 0.25) is 0 Å². The lowest BCUT2D eigenvalue weighted by Gasteiger charge is -2.42. The number of aliphatic hydroxyl groups excluding tert-OH is 4. The second-order valence-electron chi connectivity index (χ2n) is 9.30. The van der Waals surface area contributed by atoms with Gasteiger partial charge >= 0.3 is 5.97 Å². The van der Waals surface area contributed by atoms with E-state index in [1.54, 1.807) is 6.92 Å². The average molecular weight is 495 g/mol. The molecule has 7 atom stereocenters. The number of ether oxygens (including phenoxy) is 4. The van der Waals surface area contributed by atoms with Crippen molar-refractivity contribution in [3.63, 3.8) is 0 Å². The number of carbonyl (C=O) groups excluding carboxylic acids is 1. The molecule has 0 spiro atoms. The fraction of sp³-hybridized carbons (Fsp3) is 0.654. The van der Waals surface area contributed by atoms with Crippen molar-refractivity contribution in [2.75, 3.05) is 19.8 Å². The fourth-order valence-corrected chi connectivity index (χ4v) is 4.59. The Morgan fingerprint density at radius 3 is 2.49 bits per heavy atom. The molecule has 1 aromatic rings. The molecule has 35 heavy (non-hydrogen) atoms. The summed E-state index contributed by atoms with van der Waals surface area (Å²) in [5.74, 6) is 0.512. The molecule has 1 aliphatic carbocycles. The van der Waals surface area contributed by atoms with Gasteiger partial charge in [0.25, 0.3) is 0 Å². The lowest BCUT2D eigenvalue weighted by molar-refractivity contribution is -0.316. The molecular formula is C26H38O9. The van der Waals surface area contributed by atoms with Crippen LogP contribution in [0.25, 0.3) is 0 Å². The van der Waals surface area contributed by atoms with Gasteiger partial charge in [-0.1, -0.05) is 25.0 Å². The Hall–Kier alpha value is -2.01. The number of rotatable bonds is 10. The number of esters is 1. The topological polar surface area (TPSA) is 135 Å². The number of hydrogen-bond donors (Lipinski definition) is 4. The molecule has 2 fully saturated rings. The van der Waals surface area contributed by atoms with Crippen LogP contribution in [0.15, 0.2) is 35.9 Å². The maximum Gasteiger partial charge on any atom is 0.330 e. The van der Waals surface area contributed by atoms with Crippen molar-refractivity contribution >= 4 is 5.97 Å². The van der Waals surface area contributed by atoms with Gasteiger partial charge in [0.2, 0.25) is 0 Å². The highest BCUT2D eigenvalue weighted by Crippen LogP contribution is 2.33. The highest BCUT2D eigenvalue weighted by molar-refractivity contribution is 5.82. The average Bonchev–Trinajstić information content (AvgIpc) is 2.85. The zero-order valence-electron chi connectivity index (χ0n) is 20.4. The summed E-state index contributed by atoms with van der Waals surface area (Å²) in [6.07, 6.45) is -0.507. The molecule has 1 heterocycles. The highest BCUT2D eigenvalue weighted by atomic mass is 16.7. The van der Waals surface area contributed by atoms with Gasteiger partial charge in [0.1, 0.15) is 36.8 Å². The second kappa shape index (κ2) is 13.3. The van der Waals surface area contributed by atoms with Crippen molar-refractivity contribution in [2.45, 2.75) is 82.8 Å². The first-order valence-corrected chi connectivity index (χ1v) is 12.3. The molecule has 1 aliphatic heterocycles. The van der Waals surface area contributed by atoms with Crippen molar-refractivity contribution in [1.29, 1.82) is 0 Å². The Kier molecular flexibility index (Phi) is 10.5. The van der Waals surface area contributed by atoms with E-state index in [4.69, 9.17) is 18.9 Å². The Bertz CT molecular complexity index is 823. The second-order valence-corrected chi connectivity index (χ2v) is 9.30. The van der Waals surface area contributed by atoms with E-state index in [9.17, 15) is 25.2 Å². The van der Waals surface area contributed by atoms with Crippen LogP contribution < -0.4 is 4.74 Å². The van der Waals surface area contributed by atoms with Gasteiger partial charge in [-0.15, -0.1) is 0 Å². The van der Waals surface area contributed by atoms with E-state index in [0.29, 0.717) is 12.4 Å². The summed E-state index contributed by atoms with van der Waals surface area (Å²) in [6, 6.07) is 7.78.